The number of rotatable bonds is 8. The Kier molecular flexibility index (Phi) is 7.02. The van der Waals surface area contributed by atoms with E-state index in [9.17, 15) is 31.9 Å². The Bertz CT molecular complexity index is 1360. The zero-order valence-corrected chi connectivity index (χ0v) is 19.5. The van der Waals surface area contributed by atoms with Gasteiger partial charge in [0.1, 0.15) is 17.2 Å². The lowest BCUT2D eigenvalue weighted by atomic mass is 9.79. The number of nitrogens with one attached hydrogen (secondary N) is 1. The molecule has 4 rings (SSSR count). The van der Waals surface area contributed by atoms with E-state index in [4.69, 9.17) is 0 Å². The molecule has 0 spiro atoms. The minimum Gasteiger partial charge on any atom is -0.379 e. The number of aryl methyl sites for hydroxylation is 1. The number of hydrogen-bond acceptors (Lipinski definition) is 5. The average Bonchev–Trinajstić information content (AvgIpc) is 3.33. The summed E-state index contributed by atoms with van der Waals surface area (Å²) in [7, 11) is -3.88. The van der Waals surface area contributed by atoms with Gasteiger partial charge >= 0.3 is 5.69 Å². The highest BCUT2D eigenvalue weighted by Gasteiger charge is 2.49. The van der Waals surface area contributed by atoms with E-state index in [1.165, 1.54) is 69.7 Å². The molecule has 2 aromatic carbocycles. The van der Waals surface area contributed by atoms with E-state index in [0.29, 0.717) is 12.8 Å². The minimum absolute atomic E-state index is 0.0769. The first kappa shape index (κ1) is 25.0. The van der Waals surface area contributed by atoms with Crippen molar-refractivity contribution in [2.45, 2.75) is 37.5 Å². The first-order valence-corrected chi connectivity index (χ1v) is 12.8. The molecule has 35 heavy (non-hydrogen) atoms. The molecular formula is C24H25F2N3O5S. The number of nitrogens with zero attached hydrogens (tertiary/aromatic N) is 2. The van der Waals surface area contributed by atoms with Crippen molar-refractivity contribution in [1.29, 1.82) is 0 Å². The van der Waals surface area contributed by atoms with Gasteiger partial charge in [-0.1, -0.05) is 24.3 Å². The van der Waals surface area contributed by atoms with Crippen molar-refractivity contribution in [3.8, 4) is 0 Å². The van der Waals surface area contributed by atoms with Crippen molar-refractivity contribution >= 4 is 10.0 Å². The van der Waals surface area contributed by atoms with Gasteiger partial charge in [0.05, 0.1) is 11.8 Å². The minimum atomic E-state index is -3.88. The van der Waals surface area contributed by atoms with Gasteiger partial charge in [-0.3, -0.25) is 9.78 Å². The molecule has 1 aromatic heterocycles. The van der Waals surface area contributed by atoms with Gasteiger partial charge in [-0.25, -0.2) is 22.0 Å². The number of sulfonamides is 1. The van der Waals surface area contributed by atoms with Crippen LogP contribution in [-0.2, 0) is 22.2 Å². The van der Waals surface area contributed by atoms with Crippen molar-refractivity contribution in [3.05, 3.63) is 104 Å². The Morgan fingerprint density at radius 1 is 0.971 bits per heavy atom. The van der Waals surface area contributed by atoms with E-state index in [1.54, 1.807) is 0 Å². The Balaban J connectivity index is 1.63. The molecular weight excluding hydrogens is 480 g/mol. The van der Waals surface area contributed by atoms with Gasteiger partial charge in [-0.15, -0.1) is 0 Å². The summed E-state index contributed by atoms with van der Waals surface area (Å²) in [6.07, 6.45) is 2.23. The Morgan fingerprint density at radius 3 is 2.09 bits per heavy atom. The topological polar surface area (TPSA) is 112 Å². The highest BCUT2D eigenvalue weighted by Crippen LogP contribution is 2.41. The summed E-state index contributed by atoms with van der Waals surface area (Å²) in [4.78, 5) is 25.2. The molecule has 186 valence electrons. The number of benzene rings is 2. The van der Waals surface area contributed by atoms with Gasteiger partial charge in [0, 0.05) is 25.4 Å². The fourth-order valence-corrected chi connectivity index (χ4v) is 6.39. The Morgan fingerprint density at radius 2 is 1.54 bits per heavy atom. The number of hydrogen-bond donors (Lipinski definition) is 2. The molecule has 1 saturated heterocycles. The van der Waals surface area contributed by atoms with Gasteiger partial charge in [0.2, 0.25) is 10.0 Å². The first-order valence-electron chi connectivity index (χ1n) is 11.1. The second-order valence-corrected chi connectivity index (χ2v) is 10.6. The van der Waals surface area contributed by atoms with Crippen LogP contribution in [0, 0.1) is 11.6 Å². The quantitative estimate of drug-likeness (QED) is 0.486. The molecule has 2 heterocycles. The van der Waals surface area contributed by atoms with Crippen molar-refractivity contribution in [1.82, 2.24) is 13.9 Å². The van der Waals surface area contributed by atoms with Crippen molar-refractivity contribution in [2.24, 2.45) is 0 Å². The molecule has 1 atom stereocenters. The highest BCUT2D eigenvalue weighted by atomic mass is 32.2. The van der Waals surface area contributed by atoms with Crippen LogP contribution in [0.15, 0.2) is 70.4 Å². The smallest absolute Gasteiger partial charge is 0.328 e. The third-order valence-corrected chi connectivity index (χ3v) is 8.27. The van der Waals surface area contributed by atoms with E-state index in [2.05, 4.69) is 4.98 Å². The maximum absolute atomic E-state index is 13.6. The molecule has 0 saturated carbocycles. The Labute approximate surface area is 200 Å². The fourth-order valence-electron chi connectivity index (χ4n) is 4.60. The van der Waals surface area contributed by atoms with Crippen LogP contribution in [0.3, 0.4) is 0 Å². The molecule has 1 aliphatic rings. The van der Waals surface area contributed by atoms with Crippen LogP contribution in [0.4, 0.5) is 8.78 Å². The van der Waals surface area contributed by atoms with E-state index < -0.39 is 44.5 Å². The number of H-pyrrole nitrogens is 1. The van der Waals surface area contributed by atoms with Gasteiger partial charge < -0.3 is 9.67 Å². The average molecular weight is 506 g/mol. The Hall–Kier alpha value is -3.15. The molecule has 0 aliphatic carbocycles. The van der Waals surface area contributed by atoms with Gasteiger partial charge in [0.25, 0.3) is 5.56 Å². The maximum atomic E-state index is 13.6. The van der Waals surface area contributed by atoms with E-state index in [1.807, 2.05) is 0 Å². The first-order chi connectivity index (χ1) is 16.6. The predicted molar refractivity (Wildman–Crippen MR) is 125 cm³/mol. The van der Waals surface area contributed by atoms with E-state index >= 15 is 0 Å². The number of halogens is 2. The van der Waals surface area contributed by atoms with Crippen LogP contribution < -0.4 is 11.2 Å². The van der Waals surface area contributed by atoms with Crippen molar-refractivity contribution in [3.63, 3.8) is 0 Å². The van der Waals surface area contributed by atoms with E-state index in [-0.39, 0.29) is 36.4 Å². The van der Waals surface area contributed by atoms with Crippen molar-refractivity contribution < 1.29 is 22.3 Å². The molecule has 1 aliphatic heterocycles. The maximum Gasteiger partial charge on any atom is 0.328 e. The fraction of sp³-hybridized carbons (Fsp3) is 0.333. The number of aliphatic hydroxyl groups is 1. The molecule has 0 bridgehead atoms. The predicted octanol–water partition coefficient (Wildman–Crippen LogP) is 1.94. The molecule has 8 nitrogen and oxygen atoms in total. The molecule has 0 amide bonds. The van der Waals surface area contributed by atoms with Crippen LogP contribution in [-0.4, -0.2) is 45.7 Å². The van der Waals surface area contributed by atoms with Crippen LogP contribution in [0.2, 0.25) is 0 Å². The zero-order valence-electron chi connectivity index (χ0n) is 18.7. The van der Waals surface area contributed by atoms with E-state index in [0.717, 1.165) is 0 Å². The van der Waals surface area contributed by atoms with Crippen molar-refractivity contribution in [2.75, 3.05) is 12.3 Å². The number of aromatic nitrogens is 2. The lowest BCUT2D eigenvalue weighted by Crippen LogP contribution is -2.51. The highest BCUT2D eigenvalue weighted by molar-refractivity contribution is 7.89. The molecule has 11 heteroatoms. The molecule has 3 aromatic rings. The number of aromatic amines is 1. The SMILES string of the molecule is O=c1ccn(CCCS(=O)(=O)N2CCC[C@@H]2C(O)(c2ccc(F)cc2)c2ccc(F)cc2)c(=O)[nH]1. The standard InChI is InChI=1S/C24H25F2N3O5S/c25-19-8-4-17(5-9-19)24(32,18-6-10-20(26)11-7-18)21-3-1-14-29(21)35(33,34)16-2-13-28-15-12-22(30)27-23(28)31/h4-12,15,21,32H,1-3,13-14,16H2,(H,27,30,31)/t21-/m1/s1. The third kappa shape index (κ3) is 5.12. The summed E-state index contributed by atoms with van der Waals surface area (Å²) in [5, 5.41) is 12.0. The third-order valence-electron chi connectivity index (χ3n) is 6.31. The monoisotopic (exact) mass is 505 g/mol. The summed E-state index contributed by atoms with van der Waals surface area (Å²) in [6, 6.07) is 10.6. The molecule has 2 N–H and O–H groups in total. The summed E-state index contributed by atoms with van der Waals surface area (Å²) < 4.78 is 56.4. The summed E-state index contributed by atoms with van der Waals surface area (Å²) in [5.41, 5.74) is -2.44. The van der Waals surface area contributed by atoms with Gasteiger partial charge in [-0.2, -0.15) is 4.31 Å². The second kappa shape index (κ2) is 9.84. The summed E-state index contributed by atoms with van der Waals surface area (Å²) >= 11 is 0. The van der Waals surface area contributed by atoms with Crippen LogP contribution in [0.1, 0.15) is 30.4 Å². The van der Waals surface area contributed by atoms with Gasteiger partial charge in [0.15, 0.2) is 0 Å². The lowest BCUT2D eigenvalue weighted by Gasteiger charge is -2.39. The lowest BCUT2D eigenvalue weighted by molar-refractivity contribution is 0.0203. The summed E-state index contributed by atoms with van der Waals surface area (Å²) in [5.74, 6) is -1.31. The van der Waals surface area contributed by atoms with Crippen LogP contribution in [0.25, 0.3) is 0 Å². The zero-order chi connectivity index (χ0) is 25.2. The largest absolute Gasteiger partial charge is 0.379 e. The molecule has 1 fully saturated rings. The normalized spacial score (nSPS) is 17.1. The van der Waals surface area contributed by atoms with Gasteiger partial charge in [-0.05, 0) is 54.7 Å². The van der Waals surface area contributed by atoms with Crippen LogP contribution >= 0.6 is 0 Å². The second-order valence-electron chi connectivity index (χ2n) is 8.52. The summed E-state index contributed by atoms with van der Waals surface area (Å²) in [6.45, 7) is 0.254. The molecule has 0 radical (unpaired) electrons. The molecule has 0 unspecified atom stereocenters. The van der Waals surface area contributed by atoms with Crippen LogP contribution in [0.5, 0.6) is 0 Å².